The first-order valence-corrected chi connectivity index (χ1v) is 13.0. The molecule has 2 aromatic carbocycles. The van der Waals surface area contributed by atoms with Crippen molar-refractivity contribution in [3.63, 3.8) is 0 Å². The van der Waals surface area contributed by atoms with E-state index in [9.17, 15) is 24.0 Å². The average Bonchev–Trinajstić information content (AvgIpc) is 3.40. The second-order valence-corrected chi connectivity index (χ2v) is 10.6. The van der Waals surface area contributed by atoms with Crippen molar-refractivity contribution in [3.05, 3.63) is 64.2 Å². The Balaban J connectivity index is 1.07. The number of fused-ring (bicyclic) bond motifs is 2. The van der Waals surface area contributed by atoms with E-state index in [1.54, 1.807) is 12.1 Å². The largest absolute Gasteiger partial charge is 0.372 e. The van der Waals surface area contributed by atoms with E-state index in [1.807, 2.05) is 24.3 Å². The molecular weight excluding hydrogens is 486 g/mol. The Morgan fingerprint density at radius 3 is 2.05 bits per heavy atom. The summed E-state index contributed by atoms with van der Waals surface area (Å²) < 4.78 is 0. The molecule has 10 heteroatoms. The molecule has 0 aliphatic carbocycles. The van der Waals surface area contributed by atoms with Crippen LogP contribution < -0.4 is 16.0 Å². The molecule has 3 N–H and O–H groups in total. The number of nitrogens with one attached hydrogen (secondary N) is 1. The molecule has 6 rings (SSSR count). The third-order valence-electron chi connectivity index (χ3n) is 8.20. The van der Waals surface area contributed by atoms with E-state index in [0.29, 0.717) is 22.6 Å². The van der Waals surface area contributed by atoms with Gasteiger partial charge < -0.3 is 10.6 Å². The molecule has 0 bridgehead atoms. The molecule has 2 aromatic rings. The molecule has 0 saturated carbocycles. The number of benzene rings is 2. The van der Waals surface area contributed by atoms with E-state index >= 15 is 0 Å². The van der Waals surface area contributed by atoms with Crippen LogP contribution in [0.25, 0.3) is 0 Å². The van der Waals surface area contributed by atoms with Crippen LogP contribution in [0.2, 0.25) is 0 Å². The summed E-state index contributed by atoms with van der Waals surface area (Å²) in [5, 5.41) is 2.23. The quantitative estimate of drug-likeness (QED) is 0.576. The Labute approximate surface area is 219 Å². The molecule has 0 aromatic heterocycles. The molecule has 5 amide bonds. The summed E-state index contributed by atoms with van der Waals surface area (Å²) in [6, 6.07) is 10.1. The Kier molecular flexibility index (Phi) is 5.98. The van der Waals surface area contributed by atoms with Crippen LogP contribution in [-0.2, 0) is 22.7 Å². The smallest absolute Gasteiger partial charge is 0.262 e. The molecule has 196 valence electrons. The lowest BCUT2D eigenvalue weighted by atomic mass is 9.95. The van der Waals surface area contributed by atoms with Gasteiger partial charge in [0.1, 0.15) is 6.04 Å². The summed E-state index contributed by atoms with van der Waals surface area (Å²) in [5.41, 5.74) is 9.72. The summed E-state index contributed by atoms with van der Waals surface area (Å²) in [4.78, 5) is 67.1. The lowest BCUT2D eigenvalue weighted by molar-refractivity contribution is -0.136. The number of imide groups is 2. The van der Waals surface area contributed by atoms with E-state index in [1.165, 1.54) is 0 Å². The van der Waals surface area contributed by atoms with Gasteiger partial charge in [0.25, 0.3) is 11.8 Å². The van der Waals surface area contributed by atoms with Crippen LogP contribution in [0.1, 0.15) is 67.9 Å². The number of nitrogens with two attached hydrogens (primary N) is 1. The molecule has 2 saturated heterocycles. The van der Waals surface area contributed by atoms with Crippen LogP contribution in [0.15, 0.2) is 36.4 Å². The first-order valence-electron chi connectivity index (χ1n) is 13.0. The molecule has 1 unspecified atom stereocenters. The summed E-state index contributed by atoms with van der Waals surface area (Å²) >= 11 is 0. The van der Waals surface area contributed by atoms with E-state index in [0.717, 1.165) is 67.3 Å². The molecule has 38 heavy (non-hydrogen) atoms. The van der Waals surface area contributed by atoms with Gasteiger partial charge in [-0.25, -0.2) is 0 Å². The predicted octanol–water partition coefficient (Wildman–Crippen LogP) is 1.42. The maximum absolute atomic E-state index is 13.1. The second kappa shape index (κ2) is 9.36. The van der Waals surface area contributed by atoms with Crippen molar-refractivity contribution < 1.29 is 24.0 Å². The van der Waals surface area contributed by atoms with Gasteiger partial charge in [-0.05, 0) is 72.7 Å². The molecule has 1 atom stereocenters. The van der Waals surface area contributed by atoms with Gasteiger partial charge in [0, 0.05) is 50.4 Å². The van der Waals surface area contributed by atoms with E-state index in [2.05, 4.69) is 15.1 Å². The van der Waals surface area contributed by atoms with Gasteiger partial charge in [-0.1, -0.05) is 0 Å². The minimum absolute atomic E-state index is 0.107. The lowest BCUT2D eigenvalue weighted by Gasteiger charge is -2.35. The topological polar surface area (TPSA) is 133 Å². The predicted molar refractivity (Wildman–Crippen MR) is 137 cm³/mol. The van der Waals surface area contributed by atoms with E-state index < -0.39 is 29.7 Å². The third kappa shape index (κ3) is 4.24. The van der Waals surface area contributed by atoms with Crippen LogP contribution in [0, 0.1) is 5.92 Å². The van der Waals surface area contributed by atoms with Crippen LogP contribution in [-0.4, -0.2) is 65.0 Å². The number of primary amides is 1. The molecule has 2 fully saturated rings. The highest BCUT2D eigenvalue weighted by molar-refractivity contribution is 6.23. The number of piperidine rings is 2. The summed E-state index contributed by atoms with van der Waals surface area (Å²) in [5.74, 6) is -1.78. The van der Waals surface area contributed by atoms with Crippen LogP contribution >= 0.6 is 0 Å². The number of anilines is 1. The van der Waals surface area contributed by atoms with Gasteiger partial charge in [-0.3, -0.25) is 39.1 Å². The maximum atomic E-state index is 13.1. The standard InChI is InChI=1S/C28H29N5O5/c29-25(35)17-1-3-20(4-2-17)32-9-7-16(8-10-32)13-31-14-18-11-21-22(12-19(18)15-31)28(38)33(27(21)37)23-5-6-24(34)30-26(23)36/h1-4,11-12,16,23H,5-10,13-15H2,(H2,29,35)(H,30,34,36). The summed E-state index contributed by atoms with van der Waals surface area (Å²) in [6.45, 7) is 4.26. The van der Waals surface area contributed by atoms with Crippen molar-refractivity contribution in [2.45, 2.75) is 44.8 Å². The van der Waals surface area contributed by atoms with Gasteiger partial charge in [0.05, 0.1) is 11.1 Å². The summed E-state index contributed by atoms with van der Waals surface area (Å²) in [6.07, 6.45) is 2.37. The van der Waals surface area contributed by atoms with Crippen molar-refractivity contribution in [3.8, 4) is 0 Å². The minimum atomic E-state index is -0.946. The molecule has 4 aliphatic heterocycles. The zero-order valence-corrected chi connectivity index (χ0v) is 20.9. The SMILES string of the molecule is NC(=O)c1ccc(N2CCC(CN3Cc4cc5c(cc4C3)C(=O)N(C3CCC(=O)NC3=O)C5=O)CC2)cc1. The van der Waals surface area contributed by atoms with Crippen molar-refractivity contribution in [2.24, 2.45) is 11.7 Å². The Morgan fingerprint density at radius 2 is 1.50 bits per heavy atom. The second-order valence-electron chi connectivity index (χ2n) is 10.6. The van der Waals surface area contributed by atoms with Gasteiger partial charge in [-0.2, -0.15) is 0 Å². The molecular formula is C28H29N5O5. The first kappa shape index (κ1) is 24.3. The Hall–Kier alpha value is -4.05. The fourth-order valence-electron chi connectivity index (χ4n) is 6.14. The third-order valence-corrected chi connectivity index (χ3v) is 8.20. The fourth-order valence-corrected chi connectivity index (χ4v) is 6.14. The number of carbonyl (C=O) groups is 5. The van der Waals surface area contributed by atoms with E-state index in [-0.39, 0.29) is 18.7 Å². The van der Waals surface area contributed by atoms with Crippen LogP contribution in [0.4, 0.5) is 5.69 Å². The lowest BCUT2D eigenvalue weighted by Crippen LogP contribution is -2.54. The zero-order chi connectivity index (χ0) is 26.6. The van der Waals surface area contributed by atoms with Crippen molar-refractivity contribution in [1.82, 2.24) is 15.1 Å². The molecule has 10 nitrogen and oxygen atoms in total. The van der Waals surface area contributed by atoms with Crippen molar-refractivity contribution in [2.75, 3.05) is 24.5 Å². The summed E-state index contributed by atoms with van der Waals surface area (Å²) in [7, 11) is 0. The monoisotopic (exact) mass is 515 g/mol. The number of rotatable bonds is 5. The van der Waals surface area contributed by atoms with Gasteiger partial charge >= 0.3 is 0 Å². The zero-order valence-electron chi connectivity index (χ0n) is 20.9. The number of amides is 5. The van der Waals surface area contributed by atoms with Gasteiger partial charge in [0.2, 0.25) is 17.7 Å². The highest BCUT2D eigenvalue weighted by Gasteiger charge is 2.45. The fraction of sp³-hybridized carbons (Fsp3) is 0.393. The number of nitrogens with zero attached hydrogens (tertiary/aromatic N) is 3. The van der Waals surface area contributed by atoms with Gasteiger partial charge in [0.15, 0.2) is 0 Å². The molecule has 4 aliphatic rings. The number of hydrogen-bond donors (Lipinski definition) is 2. The maximum Gasteiger partial charge on any atom is 0.262 e. The van der Waals surface area contributed by atoms with Gasteiger partial charge in [-0.15, -0.1) is 0 Å². The Bertz CT molecular complexity index is 1320. The first-order chi connectivity index (χ1) is 18.3. The van der Waals surface area contributed by atoms with Crippen molar-refractivity contribution in [1.29, 1.82) is 0 Å². The Morgan fingerprint density at radius 1 is 0.895 bits per heavy atom. The number of carbonyl (C=O) groups excluding carboxylic acids is 5. The minimum Gasteiger partial charge on any atom is -0.372 e. The average molecular weight is 516 g/mol. The molecule has 0 spiro atoms. The molecule has 0 radical (unpaired) electrons. The van der Waals surface area contributed by atoms with Crippen LogP contribution in [0.5, 0.6) is 0 Å². The van der Waals surface area contributed by atoms with E-state index in [4.69, 9.17) is 5.73 Å². The number of hydrogen-bond acceptors (Lipinski definition) is 7. The molecule has 4 heterocycles. The highest BCUT2D eigenvalue weighted by Crippen LogP contribution is 2.34. The van der Waals surface area contributed by atoms with Crippen LogP contribution in [0.3, 0.4) is 0 Å². The highest BCUT2D eigenvalue weighted by atomic mass is 16.2. The normalized spacial score (nSPS) is 22.1. The van der Waals surface area contributed by atoms with Crippen molar-refractivity contribution >= 4 is 35.2 Å².